The van der Waals surface area contributed by atoms with E-state index in [4.69, 9.17) is 11.6 Å². The Hall–Kier alpha value is -0.440. The second-order valence-corrected chi connectivity index (χ2v) is 8.39. The third-order valence-electron chi connectivity index (χ3n) is 3.01. The summed E-state index contributed by atoms with van der Waals surface area (Å²) in [5.41, 5.74) is 1.000. The molecule has 2 rings (SSSR count). The van der Waals surface area contributed by atoms with E-state index in [-0.39, 0.29) is 23.1 Å². The molecule has 2 aromatic rings. The molecule has 0 atom stereocenters. The summed E-state index contributed by atoms with van der Waals surface area (Å²) >= 11 is 10.7. The lowest BCUT2D eigenvalue weighted by molar-refractivity contribution is 0.280. The van der Waals surface area contributed by atoms with Gasteiger partial charge in [-0.3, -0.25) is 0 Å². The normalized spacial score (nSPS) is 11.8. The van der Waals surface area contributed by atoms with Crippen LogP contribution in [0.4, 0.5) is 0 Å². The van der Waals surface area contributed by atoms with Gasteiger partial charge >= 0.3 is 0 Å². The van der Waals surface area contributed by atoms with E-state index >= 15 is 0 Å². The number of benzene rings is 1. The van der Waals surface area contributed by atoms with Gasteiger partial charge < -0.3 is 5.11 Å². The Bertz CT molecular complexity index is 759. The monoisotopic (exact) mass is 409 g/mol. The molecule has 0 saturated heterocycles. The molecule has 0 spiro atoms. The van der Waals surface area contributed by atoms with Crippen LogP contribution in [0.2, 0.25) is 5.02 Å². The summed E-state index contributed by atoms with van der Waals surface area (Å²) < 4.78 is 28.3. The fourth-order valence-electron chi connectivity index (χ4n) is 1.84. The standard InChI is InChI=1S/C13H13BrClNO3S2/c1-8-9(7-17)4-10(15)5-13(8)21(18,19)16-6-12-11(14)2-3-20-12/h2-5,16-17H,6-7H2,1H3. The van der Waals surface area contributed by atoms with Gasteiger partial charge in [0.25, 0.3) is 0 Å². The molecule has 0 fully saturated rings. The van der Waals surface area contributed by atoms with Gasteiger partial charge in [0.2, 0.25) is 10.0 Å². The van der Waals surface area contributed by atoms with Gasteiger partial charge in [0, 0.05) is 20.9 Å². The molecule has 1 aromatic heterocycles. The molecule has 0 bridgehead atoms. The van der Waals surface area contributed by atoms with E-state index in [0.717, 1.165) is 9.35 Å². The Labute approximate surface area is 140 Å². The molecule has 8 heteroatoms. The first-order valence-electron chi connectivity index (χ1n) is 5.96. The Morgan fingerprint density at radius 1 is 1.43 bits per heavy atom. The summed E-state index contributed by atoms with van der Waals surface area (Å²) in [6.45, 7) is 1.59. The van der Waals surface area contributed by atoms with Crippen LogP contribution in [0, 0.1) is 6.92 Å². The fraction of sp³-hybridized carbons (Fsp3) is 0.231. The highest BCUT2D eigenvalue weighted by atomic mass is 79.9. The predicted molar refractivity (Wildman–Crippen MR) is 88.2 cm³/mol. The van der Waals surface area contributed by atoms with Crippen LogP contribution in [0.3, 0.4) is 0 Å². The molecule has 0 aliphatic rings. The molecule has 0 aliphatic carbocycles. The maximum Gasteiger partial charge on any atom is 0.241 e. The lowest BCUT2D eigenvalue weighted by Crippen LogP contribution is -2.24. The van der Waals surface area contributed by atoms with Gasteiger partial charge in [0.05, 0.1) is 11.5 Å². The summed E-state index contributed by atoms with van der Waals surface area (Å²) in [4.78, 5) is 0.979. The first kappa shape index (κ1) is 16.9. The van der Waals surface area contributed by atoms with E-state index in [9.17, 15) is 13.5 Å². The van der Waals surface area contributed by atoms with Crippen LogP contribution >= 0.6 is 38.9 Å². The van der Waals surface area contributed by atoms with Gasteiger partial charge in [-0.2, -0.15) is 0 Å². The van der Waals surface area contributed by atoms with Gasteiger partial charge in [-0.05, 0) is 57.6 Å². The molecule has 1 aromatic carbocycles. The number of rotatable bonds is 5. The van der Waals surface area contributed by atoms with Crippen LogP contribution in [0.25, 0.3) is 0 Å². The van der Waals surface area contributed by atoms with E-state index in [1.54, 1.807) is 13.0 Å². The molecule has 4 nitrogen and oxygen atoms in total. The van der Waals surface area contributed by atoms with Crippen molar-refractivity contribution < 1.29 is 13.5 Å². The maximum atomic E-state index is 12.4. The molecule has 0 aliphatic heterocycles. The largest absolute Gasteiger partial charge is 0.392 e. The average Bonchev–Trinajstić information content (AvgIpc) is 2.84. The van der Waals surface area contributed by atoms with Crippen LogP contribution < -0.4 is 4.72 Å². The van der Waals surface area contributed by atoms with E-state index < -0.39 is 10.0 Å². The molecule has 1 heterocycles. The zero-order valence-electron chi connectivity index (χ0n) is 11.1. The van der Waals surface area contributed by atoms with Gasteiger partial charge in [-0.25, -0.2) is 13.1 Å². The first-order valence-corrected chi connectivity index (χ1v) is 9.50. The van der Waals surface area contributed by atoms with Gasteiger partial charge in [-0.15, -0.1) is 11.3 Å². The topological polar surface area (TPSA) is 66.4 Å². The summed E-state index contributed by atoms with van der Waals surface area (Å²) in [7, 11) is -3.70. The van der Waals surface area contributed by atoms with Crippen LogP contribution in [0.5, 0.6) is 0 Å². The smallest absolute Gasteiger partial charge is 0.241 e. The van der Waals surface area contributed by atoms with Gasteiger partial charge in [0.15, 0.2) is 0 Å². The predicted octanol–water partition coefficient (Wildman–Crippen LogP) is 3.44. The molecule has 21 heavy (non-hydrogen) atoms. The van der Waals surface area contributed by atoms with E-state index in [0.29, 0.717) is 11.1 Å². The lowest BCUT2D eigenvalue weighted by Gasteiger charge is -2.12. The minimum atomic E-state index is -3.70. The number of hydrogen-bond acceptors (Lipinski definition) is 4. The van der Waals surface area contributed by atoms with Crippen molar-refractivity contribution in [2.75, 3.05) is 0 Å². The number of aliphatic hydroxyl groups is 1. The van der Waals surface area contributed by atoms with Crippen LogP contribution in [-0.2, 0) is 23.2 Å². The second-order valence-electron chi connectivity index (χ2n) is 4.36. The summed E-state index contributed by atoms with van der Waals surface area (Å²) in [5.74, 6) is 0. The van der Waals surface area contributed by atoms with Crippen LogP contribution in [0.1, 0.15) is 16.0 Å². The number of aliphatic hydroxyl groups excluding tert-OH is 1. The van der Waals surface area contributed by atoms with Gasteiger partial charge in [0.1, 0.15) is 0 Å². The Morgan fingerprint density at radius 2 is 2.14 bits per heavy atom. The molecule has 0 radical (unpaired) electrons. The molecule has 0 unspecified atom stereocenters. The zero-order chi connectivity index (χ0) is 15.6. The number of halogens is 2. The summed E-state index contributed by atoms with van der Waals surface area (Å²) in [6.07, 6.45) is 0. The third-order valence-corrected chi connectivity index (χ3v) is 6.68. The molecule has 0 saturated carbocycles. The highest BCUT2D eigenvalue weighted by Gasteiger charge is 2.20. The van der Waals surface area contributed by atoms with E-state index in [2.05, 4.69) is 20.7 Å². The highest BCUT2D eigenvalue weighted by Crippen LogP contribution is 2.26. The van der Waals surface area contributed by atoms with Crippen molar-refractivity contribution in [1.82, 2.24) is 4.72 Å². The van der Waals surface area contributed by atoms with Crippen molar-refractivity contribution >= 4 is 48.9 Å². The van der Waals surface area contributed by atoms with E-state index in [1.165, 1.54) is 17.4 Å². The number of thiophene rings is 1. The number of hydrogen-bond donors (Lipinski definition) is 2. The Balaban J connectivity index is 2.32. The minimum absolute atomic E-state index is 0.0896. The van der Waals surface area contributed by atoms with Crippen molar-refractivity contribution in [1.29, 1.82) is 0 Å². The van der Waals surface area contributed by atoms with Crippen molar-refractivity contribution in [3.8, 4) is 0 Å². The molecular formula is C13H13BrClNO3S2. The quantitative estimate of drug-likeness (QED) is 0.793. The second kappa shape index (κ2) is 6.76. The fourth-order valence-corrected chi connectivity index (χ4v) is 4.98. The van der Waals surface area contributed by atoms with Gasteiger partial charge in [-0.1, -0.05) is 11.6 Å². The Morgan fingerprint density at radius 3 is 2.71 bits per heavy atom. The Kier molecular flexibility index (Phi) is 5.45. The SMILES string of the molecule is Cc1c(CO)cc(Cl)cc1S(=O)(=O)NCc1sccc1Br. The maximum absolute atomic E-state index is 12.4. The highest BCUT2D eigenvalue weighted by molar-refractivity contribution is 9.10. The van der Waals surface area contributed by atoms with Crippen molar-refractivity contribution in [3.05, 3.63) is 49.1 Å². The lowest BCUT2D eigenvalue weighted by atomic mass is 10.1. The minimum Gasteiger partial charge on any atom is -0.392 e. The zero-order valence-corrected chi connectivity index (χ0v) is 15.0. The average molecular weight is 411 g/mol. The number of nitrogens with one attached hydrogen (secondary N) is 1. The third kappa shape index (κ3) is 3.85. The molecule has 114 valence electrons. The van der Waals surface area contributed by atoms with Crippen molar-refractivity contribution in [3.63, 3.8) is 0 Å². The van der Waals surface area contributed by atoms with E-state index in [1.807, 2.05) is 11.4 Å². The molecular weight excluding hydrogens is 398 g/mol. The molecule has 2 N–H and O–H groups in total. The first-order chi connectivity index (χ1) is 9.85. The van der Waals surface area contributed by atoms with Crippen molar-refractivity contribution in [2.45, 2.75) is 25.0 Å². The van der Waals surface area contributed by atoms with Crippen LogP contribution in [0.15, 0.2) is 32.9 Å². The number of sulfonamides is 1. The summed E-state index contributed by atoms with van der Waals surface area (Å²) in [6, 6.07) is 4.82. The van der Waals surface area contributed by atoms with Crippen molar-refractivity contribution in [2.24, 2.45) is 0 Å². The summed E-state index contributed by atoms with van der Waals surface area (Å²) in [5, 5.41) is 11.4. The van der Waals surface area contributed by atoms with Crippen LogP contribution in [-0.4, -0.2) is 13.5 Å². The molecule has 0 amide bonds.